The Hall–Kier alpha value is -1.45. The second-order valence-corrected chi connectivity index (χ2v) is 4.66. The second kappa shape index (κ2) is 5.94. The highest BCUT2D eigenvalue weighted by Gasteiger charge is 2.17. The lowest BCUT2D eigenvalue weighted by Gasteiger charge is -2.20. The van der Waals surface area contributed by atoms with Crippen LogP contribution in [0.15, 0.2) is 18.2 Å². The smallest absolute Gasteiger partial charge is 0.224 e. The molecule has 0 aliphatic heterocycles. The van der Waals surface area contributed by atoms with E-state index in [1.807, 2.05) is 0 Å². The van der Waals surface area contributed by atoms with E-state index in [0.717, 1.165) is 37.8 Å². The Kier molecular flexibility index (Phi) is 4.28. The lowest BCUT2D eigenvalue weighted by atomic mass is 9.87. The molecule has 2 rings (SSSR count). The van der Waals surface area contributed by atoms with Gasteiger partial charge in [0.25, 0.3) is 0 Å². The molecule has 1 saturated carbocycles. The predicted octanol–water partition coefficient (Wildman–Crippen LogP) is 3.83. The fourth-order valence-electron chi connectivity index (χ4n) is 2.23. The van der Waals surface area contributed by atoms with Crippen LogP contribution in [0.5, 0.6) is 0 Å². The minimum Gasteiger partial charge on any atom is -0.326 e. The summed E-state index contributed by atoms with van der Waals surface area (Å²) in [4.78, 5) is 11.7. The average molecular weight is 252 g/mol. The van der Waals surface area contributed by atoms with E-state index in [4.69, 9.17) is 0 Å². The van der Waals surface area contributed by atoms with Crippen molar-refractivity contribution in [3.63, 3.8) is 0 Å². The number of benzene rings is 1. The lowest BCUT2D eigenvalue weighted by molar-refractivity contribution is -0.116. The first-order chi connectivity index (χ1) is 8.65. The van der Waals surface area contributed by atoms with E-state index >= 15 is 0 Å². The van der Waals surface area contributed by atoms with Gasteiger partial charge in [-0.1, -0.05) is 19.3 Å². The molecule has 1 aliphatic carbocycles. The van der Waals surface area contributed by atoms with Crippen LogP contribution in [-0.2, 0) is 4.79 Å². The van der Waals surface area contributed by atoms with Gasteiger partial charge in [-0.05, 0) is 30.9 Å². The van der Waals surface area contributed by atoms with Gasteiger partial charge in [0.05, 0.1) is 0 Å². The number of hydrogen-bond acceptors (Lipinski definition) is 1. The minimum absolute atomic E-state index is 0.155. The Morgan fingerprint density at radius 3 is 2.50 bits per heavy atom. The molecule has 1 radical (unpaired) electrons. The number of hydrogen-bond donors (Lipinski definition) is 1. The van der Waals surface area contributed by atoms with Crippen molar-refractivity contribution < 1.29 is 13.6 Å². The molecule has 1 fully saturated rings. The molecule has 1 N–H and O–H groups in total. The molecule has 1 aromatic rings. The third-order valence-corrected chi connectivity index (χ3v) is 3.17. The van der Waals surface area contributed by atoms with Gasteiger partial charge in [-0.25, -0.2) is 8.78 Å². The first-order valence-corrected chi connectivity index (χ1v) is 6.23. The van der Waals surface area contributed by atoms with Gasteiger partial charge in [0, 0.05) is 18.2 Å². The molecule has 0 heterocycles. The summed E-state index contributed by atoms with van der Waals surface area (Å²) in [5, 5.41) is 2.59. The molecule has 0 saturated heterocycles. The summed E-state index contributed by atoms with van der Waals surface area (Å²) in [6, 6.07) is 3.37. The highest BCUT2D eigenvalue weighted by molar-refractivity contribution is 5.91. The molecule has 0 atom stereocenters. The Labute approximate surface area is 105 Å². The van der Waals surface area contributed by atoms with Crippen molar-refractivity contribution in [3.8, 4) is 0 Å². The number of anilines is 1. The fraction of sp³-hybridized carbons (Fsp3) is 0.429. The molecule has 1 aromatic carbocycles. The highest BCUT2D eigenvalue weighted by atomic mass is 19.2. The van der Waals surface area contributed by atoms with Crippen molar-refractivity contribution in [2.24, 2.45) is 0 Å². The first-order valence-electron chi connectivity index (χ1n) is 6.23. The number of rotatable bonds is 3. The van der Waals surface area contributed by atoms with Crippen LogP contribution in [-0.4, -0.2) is 5.91 Å². The maximum absolute atomic E-state index is 13.0. The Balaban J connectivity index is 1.88. The Bertz CT molecular complexity index is 428. The standard InChI is InChI=1S/C14H16F2NO/c15-12-7-6-11(9-13(12)16)17-14(18)8-10-4-2-1-3-5-10/h6-7,9H,1-5,8H2,(H,17,18). The predicted molar refractivity (Wildman–Crippen MR) is 65.9 cm³/mol. The summed E-state index contributed by atoms with van der Waals surface area (Å²) in [5.41, 5.74) is 0.301. The number of nitrogens with one attached hydrogen (secondary N) is 1. The van der Waals surface area contributed by atoms with Crippen LogP contribution >= 0.6 is 0 Å². The van der Waals surface area contributed by atoms with Gasteiger partial charge in [-0.3, -0.25) is 4.79 Å². The van der Waals surface area contributed by atoms with Crippen molar-refractivity contribution >= 4 is 11.6 Å². The lowest BCUT2D eigenvalue weighted by Crippen LogP contribution is -2.17. The summed E-state index contributed by atoms with van der Waals surface area (Å²) in [6.45, 7) is 0. The maximum Gasteiger partial charge on any atom is 0.224 e. The second-order valence-electron chi connectivity index (χ2n) is 4.66. The van der Waals surface area contributed by atoms with Crippen molar-refractivity contribution in [2.75, 3.05) is 5.32 Å². The molecule has 0 bridgehead atoms. The van der Waals surface area contributed by atoms with Crippen LogP contribution in [0.1, 0.15) is 38.5 Å². The van der Waals surface area contributed by atoms with Crippen LogP contribution in [0.2, 0.25) is 0 Å². The van der Waals surface area contributed by atoms with E-state index < -0.39 is 11.6 Å². The van der Waals surface area contributed by atoms with E-state index in [2.05, 4.69) is 5.32 Å². The molecule has 0 aromatic heterocycles. The molecule has 97 valence electrons. The average Bonchev–Trinajstić information content (AvgIpc) is 2.35. The number of carbonyl (C=O) groups is 1. The van der Waals surface area contributed by atoms with Crippen LogP contribution < -0.4 is 5.32 Å². The van der Waals surface area contributed by atoms with Crippen molar-refractivity contribution in [1.82, 2.24) is 0 Å². The summed E-state index contributed by atoms with van der Waals surface area (Å²) in [7, 11) is 0. The summed E-state index contributed by atoms with van der Waals surface area (Å²) in [6.07, 6.45) is 5.92. The SMILES string of the molecule is O=C(C[C]1CCCCC1)Nc1ccc(F)c(F)c1. The van der Waals surface area contributed by atoms with Gasteiger partial charge in [0.1, 0.15) is 0 Å². The zero-order valence-electron chi connectivity index (χ0n) is 10.1. The van der Waals surface area contributed by atoms with Crippen LogP contribution in [0.25, 0.3) is 0 Å². The summed E-state index contributed by atoms with van der Waals surface area (Å²) >= 11 is 0. The van der Waals surface area contributed by atoms with E-state index in [1.54, 1.807) is 0 Å². The normalized spacial score (nSPS) is 16.6. The first kappa shape index (κ1) is 13.0. The largest absolute Gasteiger partial charge is 0.326 e. The Morgan fingerprint density at radius 2 is 1.83 bits per heavy atom. The topological polar surface area (TPSA) is 29.1 Å². The van der Waals surface area contributed by atoms with Gasteiger partial charge in [-0.2, -0.15) is 0 Å². The van der Waals surface area contributed by atoms with Gasteiger partial charge in [-0.15, -0.1) is 0 Å². The number of carbonyl (C=O) groups excluding carboxylic acids is 1. The minimum atomic E-state index is -0.946. The molecule has 2 nitrogen and oxygen atoms in total. The quantitative estimate of drug-likeness (QED) is 0.870. The van der Waals surface area contributed by atoms with Crippen molar-refractivity contribution in [2.45, 2.75) is 38.5 Å². The number of halogens is 2. The maximum atomic E-state index is 13.0. The molecule has 1 amide bonds. The van der Waals surface area contributed by atoms with Crippen LogP contribution in [0.4, 0.5) is 14.5 Å². The monoisotopic (exact) mass is 252 g/mol. The summed E-state index contributed by atoms with van der Waals surface area (Å²) < 4.78 is 25.7. The molecular weight excluding hydrogens is 236 g/mol. The third-order valence-electron chi connectivity index (χ3n) is 3.17. The Morgan fingerprint density at radius 1 is 1.11 bits per heavy atom. The molecular formula is C14H16F2NO. The van der Waals surface area contributed by atoms with E-state index in [9.17, 15) is 13.6 Å². The van der Waals surface area contributed by atoms with E-state index in [1.165, 1.54) is 18.4 Å². The summed E-state index contributed by atoms with van der Waals surface area (Å²) in [5.74, 6) is -0.757. The van der Waals surface area contributed by atoms with Gasteiger partial charge >= 0.3 is 0 Å². The fourth-order valence-corrected chi connectivity index (χ4v) is 2.23. The number of amides is 1. The molecule has 1 aliphatic rings. The van der Waals surface area contributed by atoms with Crippen LogP contribution in [0.3, 0.4) is 0 Å². The third kappa shape index (κ3) is 3.52. The molecule has 0 spiro atoms. The van der Waals surface area contributed by atoms with Crippen molar-refractivity contribution in [1.29, 1.82) is 0 Å². The molecule has 0 unspecified atom stereocenters. The van der Waals surface area contributed by atoms with Gasteiger partial charge in [0.15, 0.2) is 11.6 Å². The van der Waals surface area contributed by atoms with E-state index in [0.29, 0.717) is 12.1 Å². The van der Waals surface area contributed by atoms with E-state index in [-0.39, 0.29) is 5.91 Å². The van der Waals surface area contributed by atoms with Gasteiger partial charge < -0.3 is 5.32 Å². The van der Waals surface area contributed by atoms with Crippen molar-refractivity contribution in [3.05, 3.63) is 35.8 Å². The molecule has 4 heteroatoms. The zero-order valence-corrected chi connectivity index (χ0v) is 10.1. The highest BCUT2D eigenvalue weighted by Crippen LogP contribution is 2.28. The molecule has 18 heavy (non-hydrogen) atoms. The van der Waals surface area contributed by atoms with Crippen LogP contribution in [0, 0.1) is 17.6 Å². The zero-order chi connectivity index (χ0) is 13.0. The van der Waals surface area contributed by atoms with Gasteiger partial charge in [0.2, 0.25) is 5.91 Å².